The summed E-state index contributed by atoms with van der Waals surface area (Å²) >= 11 is 0. The average molecular weight is 392 g/mol. The molecule has 27 heavy (non-hydrogen) atoms. The van der Waals surface area contributed by atoms with Gasteiger partial charge in [-0.25, -0.2) is 12.8 Å². The van der Waals surface area contributed by atoms with E-state index in [0.29, 0.717) is 17.7 Å². The summed E-state index contributed by atoms with van der Waals surface area (Å²) in [6.07, 6.45) is 0.594. The molecule has 7 heteroatoms. The number of sulfonamides is 1. The molecule has 0 unspecified atom stereocenters. The number of carbonyl (C=O) groups is 1. The Morgan fingerprint density at radius 2 is 1.74 bits per heavy atom. The highest BCUT2D eigenvalue weighted by Gasteiger charge is 2.30. The number of halogens is 1. The van der Waals surface area contributed by atoms with Gasteiger partial charge < -0.3 is 5.32 Å². The lowest BCUT2D eigenvalue weighted by Gasteiger charge is -2.24. The van der Waals surface area contributed by atoms with E-state index in [4.69, 9.17) is 0 Å². The van der Waals surface area contributed by atoms with Crippen LogP contribution in [0.2, 0.25) is 0 Å². The Kier molecular flexibility index (Phi) is 6.73. The van der Waals surface area contributed by atoms with Crippen LogP contribution in [-0.4, -0.2) is 20.4 Å². The van der Waals surface area contributed by atoms with Gasteiger partial charge in [-0.2, -0.15) is 4.72 Å². The number of carbonyl (C=O) groups excluding carboxylic acids is 1. The molecule has 0 saturated heterocycles. The fraction of sp³-hybridized carbons (Fsp3) is 0.350. The molecule has 0 aliphatic carbocycles. The van der Waals surface area contributed by atoms with Crippen LogP contribution < -0.4 is 10.0 Å². The average Bonchev–Trinajstić information content (AvgIpc) is 2.63. The van der Waals surface area contributed by atoms with Gasteiger partial charge in [0.05, 0.1) is 4.90 Å². The van der Waals surface area contributed by atoms with Crippen molar-refractivity contribution < 1.29 is 17.6 Å². The van der Waals surface area contributed by atoms with Gasteiger partial charge in [0.2, 0.25) is 15.9 Å². The Hall–Kier alpha value is -2.25. The van der Waals surface area contributed by atoms with Crippen molar-refractivity contribution in [2.24, 2.45) is 5.92 Å². The van der Waals surface area contributed by atoms with E-state index in [1.807, 2.05) is 13.8 Å². The first kappa shape index (κ1) is 21.1. The Morgan fingerprint density at radius 3 is 2.33 bits per heavy atom. The summed E-state index contributed by atoms with van der Waals surface area (Å²) in [5.74, 6) is -1.21. The molecule has 2 N–H and O–H groups in total. The summed E-state index contributed by atoms with van der Waals surface area (Å²) in [5.41, 5.74) is 1.56. The minimum atomic E-state index is -3.87. The van der Waals surface area contributed by atoms with Gasteiger partial charge in [-0.3, -0.25) is 4.79 Å². The second kappa shape index (κ2) is 8.63. The van der Waals surface area contributed by atoms with Crippen molar-refractivity contribution in [1.29, 1.82) is 0 Å². The molecule has 0 heterocycles. The number of anilines is 1. The molecule has 0 radical (unpaired) electrons. The molecule has 2 rings (SSSR count). The minimum absolute atomic E-state index is 0.0936. The van der Waals surface area contributed by atoms with E-state index < -0.39 is 27.8 Å². The van der Waals surface area contributed by atoms with Gasteiger partial charge in [0.25, 0.3) is 0 Å². The largest absolute Gasteiger partial charge is 0.324 e. The summed E-state index contributed by atoms with van der Waals surface area (Å²) in [7, 11) is -3.87. The molecule has 1 amide bonds. The first-order chi connectivity index (χ1) is 12.7. The molecule has 2 aromatic carbocycles. The van der Waals surface area contributed by atoms with E-state index in [-0.39, 0.29) is 10.8 Å². The molecule has 2 aromatic rings. The lowest BCUT2D eigenvalue weighted by atomic mass is 9.99. The van der Waals surface area contributed by atoms with Gasteiger partial charge in [0.1, 0.15) is 11.9 Å². The zero-order valence-corrected chi connectivity index (χ0v) is 16.7. The topological polar surface area (TPSA) is 75.3 Å². The highest BCUT2D eigenvalue weighted by Crippen LogP contribution is 2.20. The van der Waals surface area contributed by atoms with Crippen LogP contribution in [0.4, 0.5) is 10.1 Å². The first-order valence-corrected chi connectivity index (χ1v) is 10.3. The van der Waals surface area contributed by atoms with Crippen LogP contribution in [0.25, 0.3) is 0 Å². The SMILES string of the molecule is CC[C@@H](C)[C@@H](NS(=O)(=O)c1ccc(C)cc1)C(=O)Nc1cccc(F)c1C. The van der Waals surface area contributed by atoms with Gasteiger partial charge in [-0.15, -0.1) is 0 Å². The van der Waals surface area contributed by atoms with Gasteiger partial charge in [-0.1, -0.05) is 44.0 Å². The normalized spacial score (nSPS) is 13.8. The van der Waals surface area contributed by atoms with Crippen molar-refractivity contribution >= 4 is 21.6 Å². The van der Waals surface area contributed by atoms with E-state index in [1.165, 1.54) is 24.3 Å². The van der Waals surface area contributed by atoms with Crippen LogP contribution in [0.3, 0.4) is 0 Å². The molecule has 0 aliphatic rings. The summed E-state index contributed by atoms with van der Waals surface area (Å²) in [5, 5.41) is 2.64. The van der Waals surface area contributed by atoms with Gasteiger partial charge in [0.15, 0.2) is 0 Å². The highest BCUT2D eigenvalue weighted by molar-refractivity contribution is 7.89. The van der Waals surface area contributed by atoms with Gasteiger partial charge >= 0.3 is 0 Å². The number of rotatable bonds is 7. The van der Waals surface area contributed by atoms with Gasteiger partial charge in [0, 0.05) is 11.3 Å². The van der Waals surface area contributed by atoms with Crippen LogP contribution in [0.5, 0.6) is 0 Å². The third-order valence-corrected chi connectivity index (χ3v) is 6.09. The summed E-state index contributed by atoms with van der Waals surface area (Å²) in [6, 6.07) is 9.79. The summed E-state index contributed by atoms with van der Waals surface area (Å²) in [4.78, 5) is 12.9. The zero-order valence-electron chi connectivity index (χ0n) is 15.9. The molecule has 2 atom stereocenters. The maximum Gasteiger partial charge on any atom is 0.242 e. The van der Waals surface area contributed by atoms with Crippen molar-refractivity contribution in [2.45, 2.75) is 45.1 Å². The van der Waals surface area contributed by atoms with E-state index in [2.05, 4.69) is 10.0 Å². The van der Waals surface area contributed by atoms with Crippen molar-refractivity contribution in [1.82, 2.24) is 4.72 Å². The molecule has 5 nitrogen and oxygen atoms in total. The monoisotopic (exact) mass is 392 g/mol. The predicted octanol–water partition coefficient (Wildman–Crippen LogP) is 3.77. The number of amides is 1. The predicted molar refractivity (Wildman–Crippen MR) is 105 cm³/mol. The molecule has 0 spiro atoms. The van der Waals surface area contributed by atoms with E-state index in [1.54, 1.807) is 32.0 Å². The minimum Gasteiger partial charge on any atom is -0.324 e. The third kappa shape index (κ3) is 5.14. The van der Waals surface area contributed by atoms with E-state index in [9.17, 15) is 17.6 Å². The highest BCUT2D eigenvalue weighted by atomic mass is 32.2. The van der Waals surface area contributed by atoms with Crippen molar-refractivity contribution in [3.05, 3.63) is 59.4 Å². The van der Waals surface area contributed by atoms with E-state index >= 15 is 0 Å². The molecular formula is C20H25FN2O3S. The maximum absolute atomic E-state index is 13.7. The Bertz CT molecular complexity index is 911. The van der Waals surface area contributed by atoms with Gasteiger partial charge in [-0.05, 0) is 44.0 Å². The second-order valence-electron chi connectivity index (χ2n) is 6.70. The maximum atomic E-state index is 13.7. The molecule has 0 bridgehead atoms. The quantitative estimate of drug-likeness (QED) is 0.753. The van der Waals surface area contributed by atoms with Crippen molar-refractivity contribution in [3.8, 4) is 0 Å². The third-order valence-electron chi connectivity index (χ3n) is 4.63. The number of nitrogens with one attached hydrogen (secondary N) is 2. The fourth-order valence-corrected chi connectivity index (χ4v) is 3.87. The zero-order chi connectivity index (χ0) is 20.2. The molecule has 0 aliphatic heterocycles. The lowest BCUT2D eigenvalue weighted by Crippen LogP contribution is -2.47. The summed E-state index contributed by atoms with van der Waals surface area (Å²) < 4.78 is 41.6. The molecule has 146 valence electrons. The Balaban J connectivity index is 2.28. The number of benzene rings is 2. The lowest BCUT2D eigenvalue weighted by molar-refractivity contribution is -0.118. The first-order valence-electron chi connectivity index (χ1n) is 8.80. The van der Waals surface area contributed by atoms with Crippen LogP contribution in [0, 0.1) is 25.6 Å². The van der Waals surface area contributed by atoms with E-state index in [0.717, 1.165) is 5.56 Å². The van der Waals surface area contributed by atoms with Crippen molar-refractivity contribution in [2.75, 3.05) is 5.32 Å². The van der Waals surface area contributed by atoms with Crippen LogP contribution >= 0.6 is 0 Å². The molecule has 0 aromatic heterocycles. The summed E-state index contributed by atoms with van der Waals surface area (Å²) in [6.45, 7) is 7.08. The fourth-order valence-electron chi connectivity index (χ4n) is 2.57. The smallest absolute Gasteiger partial charge is 0.242 e. The number of hydrogen-bond acceptors (Lipinski definition) is 3. The van der Waals surface area contributed by atoms with Crippen LogP contribution in [-0.2, 0) is 14.8 Å². The van der Waals surface area contributed by atoms with Crippen LogP contribution in [0.1, 0.15) is 31.4 Å². The molecule has 0 fully saturated rings. The van der Waals surface area contributed by atoms with Crippen LogP contribution in [0.15, 0.2) is 47.4 Å². The second-order valence-corrected chi connectivity index (χ2v) is 8.41. The standard InChI is InChI=1S/C20H25FN2O3S/c1-5-14(3)19(20(24)22-18-8-6-7-17(21)15(18)4)23-27(25,26)16-11-9-13(2)10-12-16/h6-12,14,19,23H,5H2,1-4H3,(H,22,24)/t14-,19-/m1/s1. The molecular weight excluding hydrogens is 367 g/mol. The van der Waals surface area contributed by atoms with Crippen molar-refractivity contribution in [3.63, 3.8) is 0 Å². The Morgan fingerprint density at radius 1 is 1.11 bits per heavy atom. The Labute approximate surface area is 160 Å². The number of aryl methyl sites for hydroxylation is 1. The number of hydrogen-bond donors (Lipinski definition) is 2. The molecule has 0 saturated carbocycles.